The van der Waals surface area contributed by atoms with Crippen molar-refractivity contribution in [2.45, 2.75) is 18.9 Å². The van der Waals surface area contributed by atoms with Crippen LogP contribution in [-0.4, -0.2) is 46.1 Å². The Labute approximate surface area is 133 Å². The van der Waals surface area contributed by atoms with Crippen LogP contribution in [0.1, 0.15) is 23.0 Å². The Bertz CT molecular complexity index is 716. The lowest BCUT2D eigenvalue weighted by molar-refractivity contribution is -0.134. The van der Waals surface area contributed by atoms with Crippen molar-refractivity contribution in [3.63, 3.8) is 0 Å². The minimum atomic E-state index is -0.335. The van der Waals surface area contributed by atoms with Gasteiger partial charge in [0.2, 0.25) is 5.91 Å². The van der Waals surface area contributed by atoms with Crippen molar-refractivity contribution >= 4 is 5.91 Å². The number of rotatable bonds is 4. The first-order valence-corrected chi connectivity index (χ1v) is 7.51. The Balaban J connectivity index is 1.82. The average molecular weight is 318 g/mol. The van der Waals surface area contributed by atoms with Crippen LogP contribution in [0.2, 0.25) is 0 Å². The summed E-state index contributed by atoms with van der Waals surface area (Å²) in [5.74, 6) is -0.396. The van der Waals surface area contributed by atoms with E-state index in [1.165, 1.54) is 12.1 Å². The highest BCUT2D eigenvalue weighted by molar-refractivity contribution is 5.79. The van der Waals surface area contributed by atoms with Crippen molar-refractivity contribution in [1.29, 1.82) is 0 Å². The molecule has 2 aromatic rings. The Kier molecular flexibility index (Phi) is 4.38. The summed E-state index contributed by atoms with van der Waals surface area (Å²) < 4.78 is 20.3. The van der Waals surface area contributed by atoms with Crippen LogP contribution in [0.5, 0.6) is 0 Å². The summed E-state index contributed by atoms with van der Waals surface area (Å²) in [5.41, 5.74) is 2.48. The predicted molar refractivity (Wildman–Crippen MR) is 81.1 cm³/mol. The van der Waals surface area contributed by atoms with E-state index in [0.29, 0.717) is 25.1 Å². The second kappa shape index (κ2) is 6.45. The summed E-state index contributed by atoms with van der Waals surface area (Å²) in [6.45, 7) is 0.941. The number of benzene rings is 1. The lowest BCUT2D eigenvalue weighted by atomic mass is 10.0. The number of aromatic nitrogens is 3. The molecule has 0 aliphatic carbocycles. The first-order chi connectivity index (χ1) is 11.1. The molecular weight excluding hydrogens is 299 g/mol. The highest BCUT2D eigenvalue weighted by Gasteiger charge is 2.34. The molecule has 7 heteroatoms. The maximum absolute atomic E-state index is 13.3. The third-order valence-electron chi connectivity index (χ3n) is 4.14. The van der Waals surface area contributed by atoms with Crippen LogP contribution < -0.4 is 0 Å². The average Bonchev–Trinajstić information content (AvgIpc) is 2.90. The molecule has 1 aliphatic heterocycles. The highest BCUT2D eigenvalue weighted by atomic mass is 19.1. The lowest BCUT2D eigenvalue weighted by Crippen LogP contribution is -2.43. The summed E-state index contributed by atoms with van der Waals surface area (Å²) in [7, 11) is 3.44. The maximum Gasteiger partial charge on any atom is 0.227 e. The molecule has 122 valence electrons. The molecule has 1 amide bonds. The molecule has 0 unspecified atom stereocenters. The second-order valence-corrected chi connectivity index (χ2v) is 5.66. The number of methoxy groups -OCH3 is 1. The van der Waals surface area contributed by atoms with E-state index in [0.717, 1.165) is 11.4 Å². The molecule has 3 rings (SSSR count). The fourth-order valence-corrected chi connectivity index (χ4v) is 3.02. The van der Waals surface area contributed by atoms with Crippen LogP contribution in [-0.2, 0) is 29.4 Å². The van der Waals surface area contributed by atoms with Crippen LogP contribution in [0.4, 0.5) is 4.39 Å². The van der Waals surface area contributed by atoms with Gasteiger partial charge in [0, 0.05) is 27.1 Å². The van der Waals surface area contributed by atoms with Crippen LogP contribution in [0.25, 0.3) is 0 Å². The van der Waals surface area contributed by atoms with Crippen molar-refractivity contribution in [1.82, 2.24) is 19.9 Å². The summed E-state index contributed by atoms with van der Waals surface area (Å²) in [5, 5.41) is 8.23. The summed E-state index contributed by atoms with van der Waals surface area (Å²) in [6, 6.07) is 5.87. The van der Waals surface area contributed by atoms with Gasteiger partial charge in [-0.3, -0.25) is 9.48 Å². The first kappa shape index (κ1) is 15.6. The number of carbonyl (C=O) groups is 1. The smallest absolute Gasteiger partial charge is 0.227 e. The fraction of sp³-hybridized carbons (Fsp3) is 0.438. The van der Waals surface area contributed by atoms with Crippen LogP contribution in [0, 0.1) is 5.82 Å². The molecule has 1 atom stereocenters. The van der Waals surface area contributed by atoms with Gasteiger partial charge in [0.15, 0.2) is 0 Å². The van der Waals surface area contributed by atoms with Crippen molar-refractivity contribution in [3.8, 4) is 0 Å². The van der Waals surface area contributed by atoms with E-state index in [9.17, 15) is 9.18 Å². The molecule has 2 heterocycles. The van der Waals surface area contributed by atoms with Gasteiger partial charge in [0.05, 0.1) is 18.7 Å². The van der Waals surface area contributed by atoms with Crippen LogP contribution >= 0.6 is 0 Å². The van der Waals surface area contributed by atoms with Gasteiger partial charge in [0.25, 0.3) is 0 Å². The minimum Gasteiger partial charge on any atom is -0.382 e. The van der Waals surface area contributed by atoms with E-state index in [2.05, 4.69) is 10.3 Å². The zero-order valence-corrected chi connectivity index (χ0v) is 13.2. The number of halogens is 1. The van der Waals surface area contributed by atoms with E-state index >= 15 is 0 Å². The molecule has 0 bridgehead atoms. The number of amides is 1. The van der Waals surface area contributed by atoms with Gasteiger partial charge < -0.3 is 9.64 Å². The molecule has 6 nitrogen and oxygen atoms in total. The molecule has 1 aliphatic rings. The van der Waals surface area contributed by atoms with Gasteiger partial charge in [0.1, 0.15) is 17.6 Å². The molecular formula is C16H19FN4O2. The molecule has 0 spiro atoms. The number of nitrogens with zero attached hydrogens (tertiary/aromatic N) is 4. The zero-order valence-electron chi connectivity index (χ0n) is 13.2. The molecule has 0 N–H and O–H groups in total. The number of hydrogen-bond acceptors (Lipinski definition) is 4. The SMILES string of the molecule is COC[C@H]1c2nnn(C)c2CCN1C(=O)Cc1cccc(F)c1. The van der Waals surface area contributed by atoms with E-state index in [4.69, 9.17) is 4.74 Å². The Morgan fingerprint density at radius 1 is 1.48 bits per heavy atom. The van der Waals surface area contributed by atoms with E-state index in [1.807, 2.05) is 7.05 Å². The molecule has 1 aromatic heterocycles. The first-order valence-electron chi connectivity index (χ1n) is 7.51. The van der Waals surface area contributed by atoms with Gasteiger partial charge in [-0.05, 0) is 17.7 Å². The van der Waals surface area contributed by atoms with Gasteiger partial charge in [-0.15, -0.1) is 5.10 Å². The van der Waals surface area contributed by atoms with E-state index < -0.39 is 0 Å². The molecule has 23 heavy (non-hydrogen) atoms. The predicted octanol–water partition coefficient (Wildman–Crippen LogP) is 1.27. The molecule has 0 saturated heterocycles. The van der Waals surface area contributed by atoms with Gasteiger partial charge in [-0.1, -0.05) is 17.3 Å². The Morgan fingerprint density at radius 3 is 3.04 bits per heavy atom. The molecule has 1 aromatic carbocycles. The number of carbonyl (C=O) groups excluding carboxylic acids is 1. The second-order valence-electron chi connectivity index (χ2n) is 5.66. The number of aryl methyl sites for hydroxylation is 1. The van der Waals surface area contributed by atoms with E-state index in [1.54, 1.807) is 28.8 Å². The maximum atomic E-state index is 13.3. The van der Waals surface area contributed by atoms with Crippen LogP contribution in [0.3, 0.4) is 0 Å². The van der Waals surface area contributed by atoms with Crippen molar-refractivity contribution in [2.24, 2.45) is 7.05 Å². The van der Waals surface area contributed by atoms with Crippen molar-refractivity contribution in [3.05, 3.63) is 47.0 Å². The molecule has 0 fully saturated rings. The summed E-state index contributed by atoms with van der Waals surface area (Å²) in [4.78, 5) is 14.4. The largest absolute Gasteiger partial charge is 0.382 e. The van der Waals surface area contributed by atoms with Gasteiger partial charge in [-0.25, -0.2) is 4.39 Å². The quantitative estimate of drug-likeness (QED) is 0.852. The Morgan fingerprint density at radius 2 is 2.30 bits per heavy atom. The zero-order chi connectivity index (χ0) is 16.4. The molecule has 0 saturated carbocycles. The van der Waals surface area contributed by atoms with Crippen molar-refractivity contribution < 1.29 is 13.9 Å². The number of ether oxygens (including phenoxy) is 1. The standard InChI is InChI=1S/C16H19FN4O2/c1-20-13-6-7-21(14(10-23-2)16(13)18-19-20)15(22)9-11-4-3-5-12(17)8-11/h3-5,8,14H,6-7,9-10H2,1-2H3/t14-/m0/s1. The third-order valence-corrected chi connectivity index (χ3v) is 4.14. The monoisotopic (exact) mass is 318 g/mol. The molecule has 0 radical (unpaired) electrons. The fourth-order valence-electron chi connectivity index (χ4n) is 3.02. The van der Waals surface area contributed by atoms with E-state index in [-0.39, 0.29) is 24.2 Å². The minimum absolute atomic E-state index is 0.0612. The third kappa shape index (κ3) is 3.10. The van der Waals surface area contributed by atoms with Crippen molar-refractivity contribution in [2.75, 3.05) is 20.3 Å². The highest BCUT2D eigenvalue weighted by Crippen LogP contribution is 2.28. The number of hydrogen-bond donors (Lipinski definition) is 0. The van der Waals surface area contributed by atoms with Gasteiger partial charge >= 0.3 is 0 Å². The number of fused-ring (bicyclic) bond motifs is 1. The van der Waals surface area contributed by atoms with Crippen LogP contribution in [0.15, 0.2) is 24.3 Å². The summed E-state index contributed by atoms with van der Waals surface area (Å²) >= 11 is 0. The Hall–Kier alpha value is -2.28. The normalized spacial score (nSPS) is 17.2. The van der Waals surface area contributed by atoms with Gasteiger partial charge in [-0.2, -0.15) is 0 Å². The summed E-state index contributed by atoms with van der Waals surface area (Å²) in [6.07, 6.45) is 0.863. The lowest BCUT2D eigenvalue weighted by Gasteiger charge is -2.34. The topological polar surface area (TPSA) is 60.3 Å².